The molecule has 10 heteroatoms. The number of rotatable bonds is 8. The topological polar surface area (TPSA) is 78.8 Å². The Morgan fingerprint density at radius 2 is 1.84 bits per heavy atom. The van der Waals surface area contributed by atoms with Gasteiger partial charge >= 0.3 is 0 Å². The van der Waals surface area contributed by atoms with E-state index < -0.39 is 10.0 Å². The highest BCUT2D eigenvalue weighted by molar-refractivity contribution is 7.89. The lowest BCUT2D eigenvalue weighted by Crippen LogP contribution is -2.49. The molecule has 1 aliphatic heterocycles. The van der Waals surface area contributed by atoms with Gasteiger partial charge in [0.2, 0.25) is 5.03 Å². The molecule has 170 valence electrons. The van der Waals surface area contributed by atoms with Crippen LogP contribution in [0, 0.1) is 0 Å². The molecule has 0 radical (unpaired) electrons. The van der Waals surface area contributed by atoms with Crippen LogP contribution in [0.2, 0.25) is 5.02 Å². The molecule has 2 heterocycles. The van der Waals surface area contributed by atoms with E-state index in [-0.39, 0.29) is 16.5 Å². The summed E-state index contributed by atoms with van der Waals surface area (Å²) in [5, 5.41) is 4.74. The molecule has 0 bridgehead atoms. The molecule has 31 heavy (non-hydrogen) atoms. The molecule has 1 aliphatic rings. The van der Waals surface area contributed by atoms with Crippen molar-refractivity contribution in [3.05, 3.63) is 41.0 Å². The van der Waals surface area contributed by atoms with Crippen LogP contribution in [-0.4, -0.2) is 73.1 Å². The molecule has 1 aromatic heterocycles. The normalized spacial score (nSPS) is 15.3. The quantitative estimate of drug-likeness (QED) is 0.596. The molecule has 0 unspecified atom stereocenters. The van der Waals surface area contributed by atoms with Crippen molar-refractivity contribution in [3.63, 3.8) is 0 Å². The van der Waals surface area contributed by atoms with E-state index in [0.29, 0.717) is 44.3 Å². The third-order valence-electron chi connectivity index (χ3n) is 5.49. The van der Waals surface area contributed by atoms with Crippen molar-refractivity contribution in [1.82, 2.24) is 19.0 Å². The SMILES string of the molecule is CCCCN(C)C(=O)c1cn(CC)nc1S(=O)(=O)N1CCN(c2ccccc2Cl)CC1. The van der Waals surface area contributed by atoms with Crippen LogP contribution in [-0.2, 0) is 16.6 Å². The van der Waals surface area contributed by atoms with Crippen molar-refractivity contribution in [2.75, 3.05) is 44.7 Å². The van der Waals surface area contributed by atoms with Gasteiger partial charge in [0.05, 0.1) is 16.3 Å². The number of anilines is 1. The van der Waals surface area contributed by atoms with Gasteiger partial charge in [0.15, 0.2) is 0 Å². The molecule has 1 saturated heterocycles. The Morgan fingerprint density at radius 3 is 2.45 bits per heavy atom. The highest BCUT2D eigenvalue weighted by Gasteiger charge is 2.35. The summed E-state index contributed by atoms with van der Waals surface area (Å²) in [5.74, 6) is -0.318. The van der Waals surface area contributed by atoms with E-state index in [4.69, 9.17) is 11.6 Å². The van der Waals surface area contributed by atoms with Gasteiger partial charge < -0.3 is 9.80 Å². The van der Waals surface area contributed by atoms with Crippen LogP contribution in [0.25, 0.3) is 0 Å². The number of unbranched alkanes of at least 4 members (excludes halogenated alkanes) is 1. The molecule has 1 amide bonds. The van der Waals surface area contributed by atoms with Crippen LogP contribution in [0.15, 0.2) is 35.5 Å². The van der Waals surface area contributed by atoms with Gasteiger partial charge in [-0.05, 0) is 25.5 Å². The number of amides is 1. The highest BCUT2D eigenvalue weighted by Crippen LogP contribution is 2.28. The lowest BCUT2D eigenvalue weighted by Gasteiger charge is -2.35. The van der Waals surface area contributed by atoms with Crippen LogP contribution in [0.4, 0.5) is 5.69 Å². The second kappa shape index (κ2) is 10.0. The number of carbonyl (C=O) groups excluding carboxylic acids is 1. The third kappa shape index (κ3) is 5.05. The number of aryl methyl sites for hydroxylation is 1. The highest BCUT2D eigenvalue weighted by atomic mass is 35.5. The summed E-state index contributed by atoms with van der Waals surface area (Å²) >= 11 is 6.29. The summed E-state index contributed by atoms with van der Waals surface area (Å²) in [6.45, 7) is 6.58. The summed E-state index contributed by atoms with van der Waals surface area (Å²) in [6.07, 6.45) is 3.35. The predicted molar refractivity (Wildman–Crippen MR) is 122 cm³/mol. The zero-order chi connectivity index (χ0) is 22.6. The molecule has 2 aromatic rings. The summed E-state index contributed by atoms with van der Waals surface area (Å²) in [5.41, 5.74) is 1.03. The maximum Gasteiger partial charge on any atom is 0.263 e. The Kier molecular flexibility index (Phi) is 7.61. The van der Waals surface area contributed by atoms with E-state index in [1.165, 1.54) is 15.2 Å². The predicted octanol–water partition coefficient (Wildman–Crippen LogP) is 2.94. The van der Waals surface area contributed by atoms with Crippen LogP contribution in [0.1, 0.15) is 37.0 Å². The number of aromatic nitrogens is 2. The maximum atomic E-state index is 13.4. The minimum Gasteiger partial charge on any atom is -0.368 e. The van der Waals surface area contributed by atoms with Crippen LogP contribution in [0.5, 0.6) is 0 Å². The molecule has 0 atom stereocenters. The Balaban J connectivity index is 1.81. The first-order chi connectivity index (χ1) is 14.8. The molecule has 0 saturated carbocycles. The zero-order valence-electron chi connectivity index (χ0n) is 18.3. The lowest BCUT2D eigenvalue weighted by atomic mass is 10.2. The first-order valence-corrected chi connectivity index (χ1v) is 12.4. The molecule has 8 nitrogen and oxygen atoms in total. The standard InChI is InChI=1S/C21H30ClN5O3S/c1-4-6-11-24(3)21(28)17-16-26(5-2)23-20(17)31(29,30)27-14-12-25(13-15-27)19-10-8-7-9-18(19)22/h7-10,16H,4-6,11-15H2,1-3H3. The number of carbonyl (C=O) groups is 1. The van der Waals surface area contributed by atoms with Crippen LogP contribution in [0.3, 0.4) is 0 Å². The number of hydrogen-bond acceptors (Lipinski definition) is 5. The number of nitrogens with zero attached hydrogens (tertiary/aromatic N) is 5. The second-order valence-corrected chi connectivity index (χ2v) is 9.89. The van der Waals surface area contributed by atoms with Gasteiger partial charge in [-0.3, -0.25) is 9.48 Å². The van der Waals surface area contributed by atoms with E-state index in [0.717, 1.165) is 18.5 Å². The molecule has 1 fully saturated rings. The van der Waals surface area contributed by atoms with Gasteiger partial charge in [-0.25, -0.2) is 8.42 Å². The number of para-hydroxylation sites is 1. The number of hydrogen-bond donors (Lipinski definition) is 0. The van der Waals surface area contributed by atoms with Gasteiger partial charge in [0.25, 0.3) is 15.9 Å². The zero-order valence-corrected chi connectivity index (χ0v) is 19.9. The fraction of sp³-hybridized carbons (Fsp3) is 0.524. The number of sulfonamides is 1. The lowest BCUT2D eigenvalue weighted by molar-refractivity contribution is 0.0789. The van der Waals surface area contributed by atoms with Gasteiger partial charge in [0.1, 0.15) is 0 Å². The smallest absolute Gasteiger partial charge is 0.263 e. The maximum absolute atomic E-state index is 13.4. The molecular formula is C21H30ClN5O3S. The second-order valence-electron chi connectivity index (χ2n) is 7.63. The summed E-state index contributed by atoms with van der Waals surface area (Å²) in [7, 11) is -2.21. The van der Waals surface area contributed by atoms with Crippen molar-refractivity contribution < 1.29 is 13.2 Å². The van der Waals surface area contributed by atoms with E-state index in [1.807, 2.05) is 38.1 Å². The minimum atomic E-state index is -3.90. The van der Waals surface area contributed by atoms with Gasteiger partial charge in [0, 0.05) is 52.5 Å². The van der Waals surface area contributed by atoms with Crippen molar-refractivity contribution in [3.8, 4) is 0 Å². The van der Waals surface area contributed by atoms with Gasteiger partial charge in [-0.15, -0.1) is 0 Å². The monoisotopic (exact) mass is 467 g/mol. The van der Waals surface area contributed by atoms with Crippen molar-refractivity contribution in [1.29, 1.82) is 0 Å². The molecule has 0 aliphatic carbocycles. The van der Waals surface area contributed by atoms with E-state index >= 15 is 0 Å². The summed E-state index contributed by atoms with van der Waals surface area (Å²) in [4.78, 5) is 16.6. The molecule has 3 rings (SSSR count). The van der Waals surface area contributed by atoms with Crippen molar-refractivity contribution in [2.45, 2.75) is 38.3 Å². The van der Waals surface area contributed by atoms with E-state index in [9.17, 15) is 13.2 Å². The van der Waals surface area contributed by atoms with E-state index in [1.54, 1.807) is 11.9 Å². The Bertz CT molecular complexity index is 1020. The molecule has 0 N–H and O–H groups in total. The van der Waals surface area contributed by atoms with Crippen molar-refractivity contribution >= 4 is 33.2 Å². The Morgan fingerprint density at radius 1 is 1.16 bits per heavy atom. The summed E-state index contributed by atoms with van der Waals surface area (Å²) < 4.78 is 29.8. The fourth-order valence-corrected chi connectivity index (χ4v) is 5.37. The van der Waals surface area contributed by atoms with Gasteiger partial charge in [-0.2, -0.15) is 9.40 Å². The number of halogens is 1. The first-order valence-electron chi connectivity index (χ1n) is 10.6. The fourth-order valence-electron chi connectivity index (χ4n) is 3.61. The average Bonchev–Trinajstić information content (AvgIpc) is 3.23. The van der Waals surface area contributed by atoms with Gasteiger partial charge in [-0.1, -0.05) is 37.1 Å². The molecule has 1 aromatic carbocycles. The Labute approximate surface area is 189 Å². The third-order valence-corrected chi connectivity index (χ3v) is 7.65. The first kappa shape index (κ1) is 23.6. The van der Waals surface area contributed by atoms with Crippen LogP contribution >= 0.6 is 11.6 Å². The molecular weight excluding hydrogens is 438 g/mol. The minimum absolute atomic E-state index is 0.133. The van der Waals surface area contributed by atoms with Crippen molar-refractivity contribution in [2.24, 2.45) is 0 Å². The largest absolute Gasteiger partial charge is 0.368 e. The van der Waals surface area contributed by atoms with E-state index in [2.05, 4.69) is 10.00 Å². The number of piperazine rings is 1. The van der Waals surface area contributed by atoms with Crippen LogP contribution < -0.4 is 4.90 Å². The Hall–Kier alpha value is -2.10. The number of benzene rings is 1. The molecule has 0 spiro atoms. The summed E-state index contributed by atoms with van der Waals surface area (Å²) in [6, 6.07) is 7.53. The average molecular weight is 468 g/mol.